The van der Waals surface area contributed by atoms with Crippen molar-refractivity contribution in [2.45, 2.75) is 6.42 Å². The highest BCUT2D eigenvalue weighted by atomic mass is 79.9. The van der Waals surface area contributed by atoms with Gasteiger partial charge in [-0.3, -0.25) is 0 Å². The Morgan fingerprint density at radius 2 is 1.55 bits per heavy atom. The molecule has 0 amide bonds. The number of phenols is 1. The van der Waals surface area contributed by atoms with Gasteiger partial charge in [-0.15, -0.1) is 0 Å². The molecule has 4 rings (SSSR count). The molecule has 0 aliphatic heterocycles. The molecular weight excluding hydrogens is 404 g/mol. The van der Waals surface area contributed by atoms with Crippen LogP contribution < -0.4 is 0 Å². The number of hydrogen-bond acceptors (Lipinski definition) is 1. The molecule has 22 heavy (non-hydrogen) atoms. The zero-order chi connectivity index (χ0) is 15.3. The van der Waals surface area contributed by atoms with Crippen molar-refractivity contribution in [1.82, 2.24) is 0 Å². The van der Waals surface area contributed by atoms with Gasteiger partial charge in [-0.2, -0.15) is 0 Å². The highest BCUT2D eigenvalue weighted by Gasteiger charge is 2.23. The number of benzene rings is 3. The fourth-order valence-corrected chi connectivity index (χ4v) is 4.17. The Bertz CT molecular complexity index is 883. The maximum absolute atomic E-state index is 9.52. The number of phenolic OH excluding ortho intramolecular Hbond substituents is 1. The fourth-order valence-electron chi connectivity index (χ4n) is 3.16. The first-order chi connectivity index (χ1) is 10.6. The minimum absolute atomic E-state index is 0.291. The molecular formula is C19H12Br2O. The molecule has 0 heterocycles. The summed E-state index contributed by atoms with van der Waals surface area (Å²) >= 11 is 7.25. The molecule has 1 nitrogen and oxygen atoms in total. The third-order valence-corrected chi connectivity index (χ3v) is 5.30. The van der Waals surface area contributed by atoms with Crippen LogP contribution in [0.2, 0.25) is 0 Å². The second-order valence-electron chi connectivity index (χ2n) is 5.47. The molecule has 0 radical (unpaired) electrons. The fraction of sp³-hybridized carbons (Fsp3) is 0.0526. The van der Waals surface area contributed by atoms with Crippen molar-refractivity contribution in [2.24, 2.45) is 0 Å². The Balaban J connectivity index is 1.94. The smallest absolute Gasteiger partial charge is 0.115 e. The number of aromatic hydroxyl groups is 1. The van der Waals surface area contributed by atoms with Crippen LogP contribution in [0.15, 0.2) is 63.5 Å². The highest BCUT2D eigenvalue weighted by Crippen LogP contribution is 2.45. The van der Waals surface area contributed by atoms with Crippen LogP contribution in [-0.2, 0) is 6.42 Å². The van der Waals surface area contributed by atoms with Gasteiger partial charge in [0.1, 0.15) is 5.75 Å². The average molecular weight is 416 g/mol. The van der Waals surface area contributed by atoms with E-state index in [1.807, 2.05) is 12.1 Å². The molecule has 1 N–H and O–H groups in total. The lowest BCUT2D eigenvalue weighted by atomic mass is 9.96. The Morgan fingerprint density at radius 1 is 0.818 bits per heavy atom. The first-order valence-corrected chi connectivity index (χ1v) is 8.61. The Kier molecular flexibility index (Phi) is 3.35. The summed E-state index contributed by atoms with van der Waals surface area (Å²) in [7, 11) is 0. The number of hydrogen-bond donors (Lipinski definition) is 1. The van der Waals surface area contributed by atoms with Crippen molar-refractivity contribution in [3.8, 4) is 28.0 Å². The summed E-state index contributed by atoms with van der Waals surface area (Å²) in [5.41, 5.74) is 7.63. The lowest BCUT2D eigenvalue weighted by molar-refractivity contribution is 0.475. The summed E-state index contributed by atoms with van der Waals surface area (Å²) in [6.45, 7) is 0. The minimum Gasteiger partial charge on any atom is -0.508 e. The van der Waals surface area contributed by atoms with Gasteiger partial charge in [-0.1, -0.05) is 56.1 Å². The first kappa shape index (κ1) is 14.0. The summed E-state index contributed by atoms with van der Waals surface area (Å²) < 4.78 is 2.20. The molecule has 1 aliphatic carbocycles. The van der Waals surface area contributed by atoms with E-state index in [0.717, 1.165) is 20.9 Å². The topological polar surface area (TPSA) is 20.2 Å². The van der Waals surface area contributed by atoms with Gasteiger partial charge in [0.05, 0.1) is 0 Å². The van der Waals surface area contributed by atoms with E-state index in [2.05, 4.69) is 62.2 Å². The van der Waals surface area contributed by atoms with Gasteiger partial charge in [0, 0.05) is 14.5 Å². The summed E-state index contributed by atoms with van der Waals surface area (Å²) in [6.07, 6.45) is 0.930. The molecule has 0 saturated carbocycles. The van der Waals surface area contributed by atoms with E-state index < -0.39 is 0 Å². The van der Waals surface area contributed by atoms with Gasteiger partial charge in [0.15, 0.2) is 0 Å². The predicted molar refractivity (Wildman–Crippen MR) is 97.2 cm³/mol. The molecule has 3 aromatic rings. The lowest BCUT2D eigenvalue weighted by Crippen LogP contribution is -1.89. The van der Waals surface area contributed by atoms with E-state index >= 15 is 0 Å². The van der Waals surface area contributed by atoms with Crippen LogP contribution in [0.4, 0.5) is 0 Å². The predicted octanol–water partition coefficient (Wildman–Crippen LogP) is 6.16. The van der Waals surface area contributed by atoms with Gasteiger partial charge in [0.25, 0.3) is 0 Å². The third-order valence-electron chi connectivity index (χ3n) is 4.14. The van der Waals surface area contributed by atoms with Crippen LogP contribution in [0, 0.1) is 0 Å². The van der Waals surface area contributed by atoms with Crippen LogP contribution in [-0.4, -0.2) is 5.11 Å². The van der Waals surface area contributed by atoms with E-state index in [1.54, 1.807) is 12.1 Å². The molecule has 0 bridgehead atoms. The monoisotopic (exact) mass is 414 g/mol. The van der Waals surface area contributed by atoms with E-state index in [-0.39, 0.29) is 0 Å². The molecule has 0 saturated heterocycles. The maximum Gasteiger partial charge on any atom is 0.115 e. The average Bonchev–Trinajstić information content (AvgIpc) is 2.85. The van der Waals surface area contributed by atoms with Crippen LogP contribution in [0.25, 0.3) is 22.3 Å². The lowest BCUT2D eigenvalue weighted by Gasteiger charge is -2.12. The van der Waals surface area contributed by atoms with Gasteiger partial charge in [-0.05, 0) is 64.6 Å². The number of fused-ring (bicyclic) bond motifs is 3. The van der Waals surface area contributed by atoms with E-state index in [0.29, 0.717) is 5.75 Å². The SMILES string of the molecule is Oc1ccc(-c2c(Br)ccc3c2Cc2cc(Br)ccc2-3)cc1. The second kappa shape index (κ2) is 5.25. The van der Waals surface area contributed by atoms with Crippen molar-refractivity contribution in [3.05, 3.63) is 74.7 Å². The van der Waals surface area contributed by atoms with Crippen molar-refractivity contribution >= 4 is 31.9 Å². The van der Waals surface area contributed by atoms with Crippen LogP contribution >= 0.6 is 31.9 Å². The molecule has 3 heteroatoms. The standard InChI is InChI=1S/C19H12Br2O/c20-13-3-6-15-12(9-13)10-17-16(15)7-8-18(21)19(17)11-1-4-14(22)5-2-11/h1-9,22H,10H2. The molecule has 0 atom stereocenters. The van der Waals surface area contributed by atoms with Crippen LogP contribution in [0.5, 0.6) is 5.75 Å². The maximum atomic E-state index is 9.52. The van der Waals surface area contributed by atoms with Crippen molar-refractivity contribution in [2.75, 3.05) is 0 Å². The van der Waals surface area contributed by atoms with Crippen molar-refractivity contribution in [3.63, 3.8) is 0 Å². The summed E-state index contributed by atoms with van der Waals surface area (Å²) in [5, 5.41) is 9.52. The zero-order valence-electron chi connectivity index (χ0n) is 11.6. The van der Waals surface area contributed by atoms with E-state index in [4.69, 9.17) is 0 Å². The largest absolute Gasteiger partial charge is 0.508 e. The second-order valence-corrected chi connectivity index (χ2v) is 7.24. The quantitative estimate of drug-likeness (QED) is 0.395. The van der Waals surface area contributed by atoms with E-state index in [9.17, 15) is 5.11 Å². The Morgan fingerprint density at radius 3 is 2.32 bits per heavy atom. The third kappa shape index (κ3) is 2.20. The molecule has 0 unspecified atom stereocenters. The van der Waals surface area contributed by atoms with Crippen LogP contribution in [0.1, 0.15) is 11.1 Å². The van der Waals surface area contributed by atoms with Gasteiger partial charge in [-0.25, -0.2) is 0 Å². The molecule has 1 aliphatic rings. The van der Waals surface area contributed by atoms with Gasteiger partial charge < -0.3 is 5.11 Å². The summed E-state index contributed by atoms with van der Waals surface area (Å²) in [5.74, 6) is 0.291. The number of halogens is 2. The molecule has 0 spiro atoms. The van der Waals surface area contributed by atoms with Gasteiger partial charge in [0.2, 0.25) is 0 Å². The Labute approximate surface area is 145 Å². The first-order valence-electron chi connectivity index (χ1n) is 7.03. The van der Waals surface area contributed by atoms with Gasteiger partial charge >= 0.3 is 0 Å². The summed E-state index contributed by atoms with van der Waals surface area (Å²) in [6, 6.07) is 18.2. The summed E-state index contributed by atoms with van der Waals surface area (Å²) in [4.78, 5) is 0. The molecule has 3 aromatic carbocycles. The molecule has 0 fully saturated rings. The van der Waals surface area contributed by atoms with E-state index in [1.165, 1.54) is 27.8 Å². The molecule has 0 aromatic heterocycles. The molecule has 108 valence electrons. The van der Waals surface area contributed by atoms with Crippen molar-refractivity contribution in [1.29, 1.82) is 0 Å². The van der Waals surface area contributed by atoms with Crippen LogP contribution in [0.3, 0.4) is 0 Å². The van der Waals surface area contributed by atoms with Crippen molar-refractivity contribution < 1.29 is 5.11 Å². The number of rotatable bonds is 1. The Hall–Kier alpha value is -1.58. The minimum atomic E-state index is 0.291. The highest BCUT2D eigenvalue weighted by molar-refractivity contribution is 9.10. The normalized spacial score (nSPS) is 12.1. The zero-order valence-corrected chi connectivity index (χ0v) is 14.8.